The predicted octanol–water partition coefficient (Wildman–Crippen LogP) is 1.75. The Balaban J connectivity index is 2.32. The van der Waals surface area contributed by atoms with Gasteiger partial charge >= 0.3 is 5.97 Å². The van der Waals surface area contributed by atoms with Crippen molar-refractivity contribution >= 4 is 17.6 Å². The van der Waals surface area contributed by atoms with E-state index in [-0.39, 0.29) is 16.8 Å². The summed E-state index contributed by atoms with van der Waals surface area (Å²) in [6.45, 7) is 0. The lowest BCUT2D eigenvalue weighted by Gasteiger charge is -2.27. The number of hydrogen-bond acceptors (Lipinski definition) is 5. The van der Waals surface area contributed by atoms with E-state index in [9.17, 15) is 19.7 Å². The number of ether oxygens (including phenoxy) is 1. The summed E-state index contributed by atoms with van der Waals surface area (Å²) in [7, 11) is 1.20. The Morgan fingerprint density at radius 3 is 2.52 bits per heavy atom. The molecule has 0 saturated heterocycles. The van der Waals surface area contributed by atoms with E-state index in [1.54, 1.807) is 30.3 Å². The smallest absolute Gasteiger partial charge is 0.341 e. The zero-order valence-corrected chi connectivity index (χ0v) is 12.1. The molecule has 116 valence electrons. The topological polar surface area (TPSA) is 98.5 Å². The summed E-state index contributed by atoms with van der Waals surface area (Å²) in [6, 6.07) is 12.3. The Bertz CT molecular complexity index is 818. The second-order valence-electron chi connectivity index (χ2n) is 5.05. The van der Waals surface area contributed by atoms with Crippen LogP contribution in [0.1, 0.15) is 21.5 Å². The van der Waals surface area contributed by atoms with Gasteiger partial charge in [-0.2, -0.15) is 0 Å². The Kier molecular flexibility index (Phi) is 3.33. The highest BCUT2D eigenvalue weighted by molar-refractivity contribution is 6.07. The van der Waals surface area contributed by atoms with E-state index in [1.165, 1.54) is 25.3 Å². The second-order valence-corrected chi connectivity index (χ2v) is 5.05. The lowest BCUT2D eigenvalue weighted by molar-refractivity contribution is -0.384. The average Bonchev–Trinajstić information content (AvgIpc) is 2.88. The van der Waals surface area contributed by atoms with Gasteiger partial charge in [-0.25, -0.2) is 4.79 Å². The Hall–Kier alpha value is -3.22. The number of methoxy groups -OCH3 is 1. The number of esters is 1. The van der Waals surface area contributed by atoms with E-state index in [0.29, 0.717) is 5.56 Å². The monoisotopic (exact) mass is 312 g/mol. The first-order valence-corrected chi connectivity index (χ1v) is 6.76. The van der Waals surface area contributed by atoms with Crippen LogP contribution in [0.5, 0.6) is 0 Å². The van der Waals surface area contributed by atoms with Crippen molar-refractivity contribution in [1.82, 2.24) is 5.32 Å². The first kappa shape index (κ1) is 14.7. The van der Waals surface area contributed by atoms with Gasteiger partial charge in [0.25, 0.3) is 11.6 Å². The minimum absolute atomic E-state index is 0.204. The van der Waals surface area contributed by atoms with E-state index >= 15 is 0 Å². The molecular formula is C16H12N2O5. The molecule has 2 aromatic carbocycles. The molecule has 7 heteroatoms. The highest BCUT2D eigenvalue weighted by Crippen LogP contribution is 2.39. The first-order chi connectivity index (χ1) is 11.0. The molecule has 0 spiro atoms. The number of fused-ring (bicyclic) bond motifs is 1. The van der Waals surface area contributed by atoms with Gasteiger partial charge in [0, 0.05) is 23.3 Å². The highest BCUT2D eigenvalue weighted by atomic mass is 16.6. The van der Waals surface area contributed by atoms with Crippen molar-refractivity contribution in [2.24, 2.45) is 0 Å². The summed E-state index contributed by atoms with van der Waals surface area (Å²) in [6.07, 6.45) is 0. The fraction of sp³-hybridized carbons (Fsp3) is 0.125. The lowest BCUT2D eigenvalue weighted by atomic mass is 9.83. The number of non-ortho nitro benzene ring substituents is 1. The van der Waals surface area contributed by atoms with Crippen molar-refractivity contribution in [3.8, 4) is 0 Å². The van der Waals surface area contributed by atoms with Crippen LogP contribution in [0, 0.1) is 10.1 Å². The average molecular weight is 312 g/mol. The van der Waals surface area contributed by atoms with Gasteiger partial charge in [0.15, 0.2) is 5.54 Å². The third-order valence-corrected chi connectivity index (χ3v) is 3.86. The molecule has 0 saturated carbocycles. The number of carbonyl (C=O) groups excluding carboxylic acids is 2. The van der Waals surface area contributed by atoms with Crippen LogP contribution in [-0.2, 0) is 15.1 Å². The fourth-order valence-electron chi connectivity index (χ4n) is 2.81. The van der Waals surface area contributed by atoms with Crippen molar-refractivity contribution in [2.75, 3.05) is 7.11 Å². The van der Waals surface area contributed by atoms with E-state index in [1.807, 2.05) is 0 Å². The minimum atomic E-state index is -1.59. The number of benzene rings is 2. The predicted molar refractivity (Wildman–Crippen MR) is 79.8 cm³/mol. The summed E-state index contributed by atoms with van der Waals surface area (Å²) < 4.78 is 4.87. The van der Waals surface area contributed by atoms with Crippen molar-refractivity contribution in [3.63, 3.8) is 0 Å². The molecule has 3 rings (SSSR count). The standard InChI is InChI=1S/C16H12N2O5/c1-23-15(20)16(10-5-3-2-4-6-10)13-9-11(18(21)22)7-8-12(13)14(19)17-16/h2-9H,1H3,(H,17,19). The number of hydrogen-bond donors (Lipinski definition) is 1. The zero-order valence-electron chi connectivity index (χ0n) is 12.1. The molecule has 1 atom stereocenters. The third kappa shape index (κ3) is 2.05. The van der Waals surface area contributed by atoms with Crippen LogP contribution in [0.15, 0.2) is 48.5 Å². The summed E-state index contributed by atoms with van der Waals surface area (Å²) in [5.74, 6) is -1.19. The Morgan fingerprint density at radius 1 is 1.22 bits per heavy atom. The molecule has 0 fully saturated rings. The molecule has 7 nitrogen and oxygen atoms in total. The summed E-state index contributed by atoms with van der Waals surface area (Å²) in [5.41, 5.74) is -0.891. The van der Waals surface area contributed by atoms with Gasteiger partial charge in [-0.15, -0.1) is 0 Å². The molecule has 0 bridgehead atoms. The fourth-order valence-corrected chi connectivity index (χ4v) is 2.81. The number of nitrogens with one attached hydrogen (secondary N) is 1. The summed E-state index contributed by atoms with van der Waals surface area (Å²) in [5, 5.41) is 13.7. The molecule has 1 heterocycles. The van der Waals surface area contributed by atoms with E-state index < -0.39 is 22.3 Å². The van der Waals surface area contributed by atoms with Crippen LogP contribution < -0.4 is 5.32 Å². The molecule has 23 heavy (non-hydrogen) atoms. The number of nitro groups is 1. The zero-order chi connectivity index (χ0) is 16.6. The van der Waals surface area contributed by atoms with Crippen molar-refractivity contribution in [2.45, 2.75) is 5.54 Å². The molecule has 0 aliphatic carbocycles. The van der Waals surface area contributed by atoms with Gasteiger partial charge in [-0.05, 0) is 11.6 Å². The molecule has 0 aromatic heterocycles. The van der Waals surface area contributed by atoms with Gasteiger partial charge in [-0.1, -0.05) is 30.3 Å². The van der Waals surface area contributed by atoms with Crippen LogP contribution in [0.3, 0.4) is 0 Å². The molecule has 1 aliphatic rings. The highest BCUT2D eigenvalue weighted by Gasteiger charge is 2.52. The first-order valence-electron chi connectivity index (χ1n) is 6.76. The number of nitro benzene ring substituents is 1. The van der Waals surface area contributed by atoms with E-state index in [4.69, 9.17) is 4.74 Å². The number of amides is 1. The Morgan fingerprint density at radius 2 is 1.91 bits per heavy atom. The number of rotatable bonds is 3. The quantitative estimate of drug-likeness (QED) is 0.529. The molecule has 2 aromatic rings. The SMILES string of the molecule is COC(=O)C1(c2ccccc2)NC(=O)c2ccc([N+](=O)[O-])cc21. The number of nitrogens with zero attached hydrogens (tertiary/aromatic N) is 1. The molecule has 1 unspecified atom stereocenters. The molecular weight excluding hydrogens is 300 g/mol. The maximum absolute atomic E-state index is 12.5. The van der Waals surface area contributed by atoms with Crippen LogP contribution in [0.25, 0.3) is 0 Å². The van der Waals surface area contributed by atoms with Gasteiger partial charge in [-0.3, -0.25) is 14.9 Å². The van der Waals surface area contributed by atoms with Crippen LogP contribution in [0.2, 0.25) is 0 Å². The van der Waals surface area contributed by atoms with Gasteiger partial charge in [0.05, 0.1) is 12.0 Å². The molecule has 1 amide bonds. The minimum Gasteiger partial charge on any atom is -0.467 e. The van der Waals surface area contributed by atoms with Crippen LogP contribution >= 0.6 is 0 Å². The lowest BCUT2D eigenvalue weighted by Crippen LogP contribution is -2.48. The van der Waals surface area contributed by atoms with Gasteiger partial charge in [0.1, 0.15) is 0 Å². The van der Waals surface area contributed by atoms with Crippen molar-refractivity contribution < 1.29 is 19.2 Å². The van der Waals surface area contributed by atoms with Crippen LogP contribution in [-0.4, -0.2) is 23.9 Å². The maximum atomic E-state index is 12.5. The normalized spacial score (nSPS) is 18.9. The molecule has 1 N–H and O–H groups in total. The second kappa shape index (κ2) is 5.20. The van der Waals surface area contributed by atoms with E-state index in [0.717, 1.165) is 0 Å². The van der Waals surface area contributed by atoms with Gasteiger partial charge < -0.3 is 10.1 Å². The van der Waals surface area contributed by atoms with Crippen LogP contribution in [0.4, 0.5) is 5.69 Å². The van der Waals surface area contributed by atoms with E-state index in [2.05, 4.69) is 5.32 Å². The molecule has 0 radical (unpaired) electrons. The van der Waals surface area contributed by atoms with Crippen molar-refractivity contribution in [1.29, 1.82) is 0 Å². The van der Waals surface area contributed by atoms with Crippen molar-refractivity contribution in [3.05, 3.63) is 75.3 Å². The molecule has 1 aliphatic heterocycles. The largest absolute Gasteiger partial charge is 0.467 e. The maximum Gasteiger partial charge on any atom is 0.341 e. The summed E-state index contributed by atoms with van der Waals surface area (Å²) in [4.78, 5) is 35.3. The van der Waals surface area contributed by atoms with Gasteiger partial charge in [0.2, 0.25) is 0 Å². The summed E-state index contributed by atoms with van der Waals surface area (Å²) >= 11 is 0. The Labute approximate surface area is 131 Å². The number of carbonyl (C=O) groups is 2. The third-order valence-electron chi connectivity index (χ3n) is 3.86.